The van der Waals surface area contributed by atoms with Crippen LogP contribution in [-0.2, 0) is 4.79 Å². The largest absolute Gasteiger partial charge is 0.356 e. The molecule has 3 heterocycles. The maximum Gasteiger partial charge on any atom is 0.251 e. The van der Waals surface area contributed by atoms with Crippen LogP contribution in [0.4, 0.5) is 17.6 Å². The van der Waals surface area contributed by atoms with Crippen LogP contribution < -0.4 is 11.1 Å². The zero-order valence-electron chi connectivity index (χ0n) is 20.1. The van der Waals surface area contributed by atoms with E-state index in [1.165, 1.54) is 0 Å². The fourth-order valence-corrected chi connectivity index (χ4v) is 5.18. The maximum atomic E-state index is 13.5. The third kappa shape index (κ3) is 6.48. The monoisotopic (exact) mass is 498 g/mol. The van der Waals surface area contributed by atoms with Crippen molar-refractivity contribution in [3.63, 3.8) is 0 Å². The van der Waals surface area contributed by atoms with E-state index < -0.39 is 17.9 Å². The van der Waals surface area contributed by atoms with Gasteiger partial charge in [-0.25, -0.2) is 32.0 Å². The average Bonchev–Trinajstić information content (AvgIpc) is 3.22. The Labute approximate surface area is 202 Å². The van der Waals surface area contributed by atoms with Crippen LogP contribution in [0.1, 0.15) is 99.7 Å². The molecule has 2 saturated carbocycles. The summed E-state index contributed by atoms with van der Waals surface area (Å²) in [5, 5.41) is 7.23. The number of hydrogen-bond donors (Lipinski definition) is 2. The van der Waals surface area contributed by atoms with Gasteiger partial charge in [0.05, 0.1) is 29.3 Å². The van der Waals surface area contributed by atoms with Gasteiger partial charge < -0.3 is 11.1 Å². The van der Waals surface area contributed by atoms with Crippen molar-refractivity contribution in [1.82, 2.24) is 24.9 Å². The van der Waals surface area contributed by atoms with Gasteiger partial charge in [-0.3, -0.25) is 4.79 Å². The predicted octanol–water partition coefficient (Wildman–Crippen LogP) is 4.84. The third-order valence-electron chi connectivity index (χ3n) is 7.41. The number of imidazole rings is 1. The predicted molar refractivity (Wildman–Crippen MR) is 122 cm³/mol. The highest BCUT2D eigenvalue weighted by Crippen LogP contribution is 2.42. The number of alkyl halides is 4. The first-order valence-electron chi connectivity index (χ1n) is 12.5. The highest BCUT2D eigenvalue weighted by Gasteiger charge is 2.38. The molecule has 1 amide bonds. The molecule has 3 aliphatic rings. The van der Waals surface area contributed by atoms with Gasteiger partial charge in [-0.15, -0.1) is 0 Å². The molecule has 5 rings (SSSR count). The second-order valence-electron chi connectivity index (χ2n) is 10.1. The summed E-state index contributed by atoms with van der Waals surface area (Å²) in [7, 11) is 0. The summed E-state index contributed by atoms with van der Waals surface area (Å²) in [5.41, 5.74) is 8.30. The second-order valence-corrected chi connectivity index (χ2v) is 10.1. The van der Waals surface area contributed by atoms with Gasteiger partial charge in [-0.1, -0.05) is 0 Å². The fourth-order valence-electron chi connectivity index (χ4n) is 5.18. The molecule has 1 saturated heterocycles. The van der Waals surface area contributed by atoms with E-state index in [-0.39, 0.29) is 43.4 Å². The van der Waals surface area contributed by atoms with Gasteiger partial charge in [0.15, 0.2) is 0 Å². The van der Waals surface area contributed by atoms with Crippen molar-refractivity contribution in [2.45, 2.75) is 101 Å². The molecule has 0 aromatic carbocycles. The lowest BCUT2D eigenvalue weighted by atomic mass is 9.81. The molecule has 3 N–H and O–H groups in total. The summed E-state index contributed by atoms with van der Waals surface area (Å²) in [4.78, 5) is 19.4. The smallest absolute Gasteiger partial charge is 0.251 e. The molecule has 1 atom stereocenters. The summed E-state index contributed by atoms with van der Waals surface area (Å²) >= 11 is 0. The Hall–Kier alpha value is -2.30. The maximum absolute atomic E-state index is 13.5. The minimum absolute atomic E-state index is 0.0495. The van der Waals surface area contributed by atoms with E-state index >= 15 is 0 Å². The number of nitrogens with two attached hydrogens (primary N) is 1. The molecule has 1 unspecified atom stereocenters. The van der Waals surface area contributed by atoms with Crippen LogP contribution >= 0.6 is 0 Å². The van der Waals surface area contributed by atoms with Crippen LogP contribution in [0.3, 0.4) is 0 Å². The summed E-state index contributed by atoms with van der Waals surface area (Å²) in [6, 6.07) is -0.447. The Morgan fingerprint density at radius 3 is 2.20 bits per heavy atom. The standard InChI is InChI=1S/C19H25F4N5.C5H9NO/c1-11-16(13-4-8-19(22,23)9-5-13)26-17-25-14(10-28(17)27-11)15(24)12-2-6-18(20,21)7-3-12;7-5-3-1-2-4-6-5/h10,12-13,15H,2-9,24H2,1H3;1-4H2,(H,6,7). The molecule has 0 radical (unpaired) electrons. The molecular weight excluding hydrogens is 464 g/mol. The number of piperidine rings is 1. The van der Waals surface area contributed by atoms with Crippen LogP contribution in [0.2, 0.25) is 0 Å². The molecule has 2 aliphatic carbocycles. The molecular formula is C24H34F4N6O. The van der Waals surface area contributed by atoms with Gasteiger partial charge in [-0.2, -0.15) is 5.10 Å². The lowest BCUT2D eigenvalue weighted by Crippen LogP contribution is -2.31. The first kappa shape index (κ1) is 25.8. The Kier molecular flexibility index (Phi) is 7.63. The number of halogens is 4. The Morgan fingerprint density at radius 1 is 1.03 bits per heavy atom. The quantitative estimate of drug-likeness (QED) is 0.591. The van der Waals surface area contributed by atoms with Crippen molar-refractivity contribution < 1.29 is 22.4 Å². The molecule has 3 fully saturated rings. The summed E-state index contributed by atoms with van der Waals surface area (Å²) in [5.74, 6) is -4.69. The highest BCUT2D eigenvalue weighted by molar-refractivity contribution is 5.76. The molecule has 2 aromatic rings. The van der Waals surface area contributed by atoms with E-state index in [0.717, 1.165) is 25.8 Å². The number of carbonyl (C=O) groups excluding carboxylic acids is 1. The van der Waals surface area contributed by atoms with Crippen LogP contribution in [0.25, 0.3) is 5.78 Å². The minimum atomic E-state index is -2.60. The molecule has 194 valence electrons. The Balaban J connectivity index is 0.000000356. The lowest BCUT2D eigenvalue weighted by Gasteiger charge is -2.31. The first-order valence-corrected chi connectivity index (χ1v) is 12.5. The van der Waals surface area contributed by atoms with E-state index in [4.69, 9.17) is 5.73 Å². The van der Waals surface area contributed by atoms with Crippen molar-refractivity contribution in [1.29, 1.82) is 0 Å². The van der Waals surface area contributed by atoms with E-state index in [1.807, 2.05) is 6.92 Å². The SMILES string of the molecule is Cc1nn2cc(C(N)C3CCC(F)(F)CC3)nc2nc1C1CCC(F)(F)CC1.O=C1CCCCN1. The van der Waals surface area contributed by atoms with Crippen LogP contribution in [0.5, 0.6) is 0 Å². The zero-order chi connectivity index (χ0) is 25.2. The second kappa shape index (κ2) is 10.4. The highest BCUT2D eigenvalue weighted by atomic mass is 19.3. The van der Waals surface area contributed by atoms with Crippen LogP contribution in [0.15, 0.2) is 6.20 Å². The molecule has 0 spiro atoms. The Bertz CT molecular complexity index is 1010. The fraction of sp³-hybridized carbons (Fsp3) is 0.750. The van der Waals surface area contributed by atoms with Gasteiger partial charge in [0.1, 0.15) is 0 Å². The first-order chi connectivity index (χ1) is 16.5. The van der Waals surface area contributed by atoms with E-state index in [9.17, 15) is 22.4 Å². The van der Waals surface area contributed by atoms with Gasteiger partial charge in [0.2, 0.25) is 17.8 Å². The van der Waals surface area contributed by atoms with Crippen LogP contribution in [0, 0.1) is 12.8 Å². The number of nitrogens with one attached hydrogen (secondary N) is 1. The van der Waals surface area contributed by atoms with E-state index in [2.05, 4.69) is 20.4 Å². The molecule has 7 nitrogen and oxygen atoms in total. The average molecular weight is 499 g/mol. The minimum Gasteiger partial charge on any atom is -0.356 e. The van der Waals surface area contributed by atoms with Crippen molar-refractivity contribution in [2.24, 2.45) is 11.7 Å². The number of hydrogen-bond acceptors (Lipinski definition) is 5. The zero-order valence-corrected chi connectivity index (χ0v) is 20.1. The number of fused-ring (bicyclic) bond motifs is 1. The van der Waals surface area contributed by atoms with E-state index in [1.54, 1.807) is 10.7 Å². The van der Waals surface area contributed by atoms with Gasteiger partial charge in [0.25, 0.3) is 5.78 Å². The van der Waals surface area contributed by atoms with Gasteiger partial charge >= 0.3 is 0 Å². The lowest BCUT2D eigenvalue weighted by molar-refractivity contribution is -0.122. The number of amides is 1. The number of carbonyl (C=O) groups is 1. The van der Waals surface area contributed by atoms with Crippen molar-refractivity contribution in [3.8, 4) is 0 Å². The third-order valence-corrected chi connectivity index (χ3v) is 7.41. The Morgan fingerprint density at radius 2 is 1.66 bits per heavy atom. The topological polar surface area (TPSA) is 98.2 Å². The molecule has 2 aromatic heterocycles. The van der Waals surface area contributed by atoms with Crippen molar-refractivity contribution in [2.75, 3.05) is 6.54 Å². The molecule has 1 aliphatic heterocycles. The normalized spacial score (nSPS) is 23.9. The summed E-state index contributed by atoms with van der Waals surface area (Å²) < 4.78 is 55.2. The number of aromatic nitrogens is 4. The molecule has 11 heteroatoms. The number of nitrogens with zero attached hydrogens (tertiary/aromatic N) is 4. The van der Waals surface area contributed by atoms with Gasteiger partial charge in [-0.05, 0) is 51.4 Å². The number of aryl methyl sites for hydroxylation is 1. The van der Waals surface area contributed by atoms with Crippen molar-refractivity contribution in [3.05, 3.63) is 23.3 Å². The number of rotatable bonds is 3. The summed E-state index contributed by atoms with van der Waals surface area (Å²) in [6.07, 6.45) is 5.58. The van der Waals surface area contributed by atoms with Crippen LogP contribution in [-0.4, -0.2) is 43.9 Å². The molecule has 0 bridgehead atoms. The summed E-state index contributed by atoms with van der Waals surface area (Å²) in [6.45, 7) is 2.70. The van der Waals surface area contributed by atoms with E-state index in [0.29, 0.717) is 48.5 Å². The molecule has 35 heavy (non-hydrogen) atoms. The van der Waals surface area contributed by atoms with Gasteiger partial charge in [0, 0.05) is 44.6 Å². The van der Waals surface area contributed by atoms with Crippen molar-refractivity contribution >= 4 is 11.7 Å².